The van der Waals surface area contributed by atoms with Crippen LogP contribution >= 0.6 is 0 Å². The SMILES string of the molecule is C.CCC(C)C.COc1cc2c(cc1OC)[C@H]1C[C@H](O)NCN1CC2. The predicted molar refractivity (Wildman–Crippen MR) is 103 cm³/mol. The zero-order chi connectivity index (χ0) is 17.7. The third-order valence-electron chi connectivity index (χ3n) is 4.91. The van der Waals surface area contributed by atoms with Gasteiger partial charge in [0.15, 0.2) is 11.5 Å². The minimum absolute atomic E-state index is 0. The van der Waals surface area contributed by atoms with Crippen molar-refractivity contribution < 1.29 is 14.6 Å². The first-order valence-corrected chi connectivity index (χ1v) is 8.90. The van der Waals surface area contributed by atoms with Crippen molar-refractivity contribution in [2.45, 2.75) is 59.7 Å². The lowest BCUT2D eigenvalue weighted by Gasteiger charge is -2.42. The van der Waals surface area contributed by atoms with E-state index in [1.807, 2.05) is 0 Å². The van der Waals surface area contributed by atoms with E-state index in [1.54, 1.807) is 14.2 Å². The van der Waals surface area contributed by atoms with E-state index in [1.165, 1.54) is 17.5 Å². The van der Waals surface area contributed by atoms with Crippen molar-refractivity contribution in [3.63, 3.8) is 0 Å². The quantitative estimate of drug-likeness (QED) is 0.871. The predicted octanol–water partition coefficient (Wildman–Crippen LogP) is 3.56. The molecule has 0 unspecified atom stereocenters. The molecule has 2 heterocycles. The molecule has 2 atom stereocenters. The van der Waals surface area contributed by atoms with Crippen LogP contribution in [0, 0.1) is 5.92 Å². The highest BCUT2D eigenvalue weighted by Gasteiger charge is 2.33. The zero-order valence-electron chi connectivity index (χ0n) is 15.6. The van der Waals surface area contributed by atoms with Crippen molar-refractivity contribution >= 4 is 0 Å². The van der Waals surface area contributed by atoms with Crippen molar-refractivity contribution in [3.05, 3.63) is 23.3 Å². The molecule has 1 aromatic rings. The van der Waals surface area contributed by atoms with Crippen molar-refractivity contribution in [2.75, 3.05) is 27.4 Å². The van der Waals surface area contributed by atoms with Crippen LogP contribution in [0.4, 0.5) is 0 Å². The fraction of sp³-hybridized carbons (Fsp3) is 0.700. The number of aliphatic hydroxyl groups excluding tert-OH is 1. The molecule has 5 nitrogen and oxygen atoms in total. The molecular weight excluding hydrogens is 316 g/mol. The first-order valence-electron chi connectivity index (χ1n) is 8.90. The fourth-order valence-electron chi connectivity index (χ4n) is 3.06. The van der Waals surface area contributed by atoms with Crippen LogP contribution in [0.5, 0.6) is 11.5 Å². The Labute approximate surface area is 153 Å². The molecule has 0 spiro atoms. The number of nitrogens with one attached hydrogen (secondary N) is 1. The topological polar surface area (TPSA) is 54.0 Å². The van der Waals surface area contributed by atoms with Crippen LogP contribution in [-0.4, -0.2) is 43.7 Å². The van der Waals surface area contributed by atoms with Crippen molar-refractivity contribution in [3.8, 4) is 11.5 Å². The van der Waals surface area contributed by atoms with Gasteiger partial charge in [-0.05, 0) is 35.6 Å². The highest BCUT2D eigenvalue weighted by atomic mass is 16.5. The van der Waals surface area contributed by atoms with Gasteiger partial charge in [0.1, 0.15) is 6.23 Å². The molecular formula is C20H36N2O3. The summed E-state index contributed by atoms with van der Waals surface area (Å²) < 4.78 is 10.7. The highest BCUT2D eigenvalue weighted by Crippen LogP contribution is 2.40. The lowest BCUT2D eigenvalue weighted by Crippen LogP contribution is -2.51. The van der Waals surface area contributed by atoms with Gasteiger partial charge in [0.25, 0.3) is 0 Å². The highest BCUT2D eigenvalue weighted by molar-refractivity contribution is 5.49. The molecule has 0 saturated carbocycles. The summed E-state index contributed by atoms with van der Waals surface area (Å²) in [5.74, 6) is 2.43. The number of hydrogen-bond acceptors (Lipinski definition) is 5. The molecule has 1 saturated heterocycles. The van der Waals surface area contributed by atoms with Crippen LogP contribution in [0.1, 0.15) is 58.2 Å². The molecule has 0 aromatic heterocycles. The van der Waals surface area contributed by atoms with Crippen LogP contribution in [0.2, 0.25) is 0 Å². The second-order valence-corrected chi connectivity index (χ2v) is 6.90. The van der Waals surface area contributed by atoms with Crippen LogP contribution in [-0.2, 0) is 6.42 Å². The maximum atomic E-state index is 9.81. The normalized spacial score (nSPS) is 22.0. The maximum Gasteiger partial charge on any atom is 0.161 e. The third kappa shape index (κ3) is 5.33. The van der Waals surface area contributed by atoms with Gasteiger partial charge in [-0.3, -0.25) is 10.2 Å². The van der Waals surface area contributed by atoms with Gasteiger partial charge >= 0.3 is 0 Å². The lowest BCUT2D eigenvalue weighted by atomic mass is 9.89. The Morgan fingerprint density at radius 1 is 1.24 bits per heavy atom. The zero-order valence-corrected chi connectivity index (χ0v) is 15.6. The number of benzene rings is 1. The van der Waals surface area contributed by atoms with Gasteiger partial charge in [0, 0.05) is 19.0 Å². The van der Waals surface area contributed by atoms with Crippen LogP contribution in [0.25, 0.3) is 0 Å². The van der Waals surface area contributed by atoms with Gasteiger partial charge in [-0.25, -0.2) is 0 Å². The molecule has 5 heteroatoms. The first-order chi connectivity index (χ1) is 11.5. The number of methoxy groups -OCH3 is 2. The van der Waals surface area contributed by atoms with Crippen molar-refractivity contribution in [1.29, 1.82) is 0 Å². The Kier molecular flexibility index (Phi) is 8.69. The van der Waals surface area contributed by atoms with Crippen molar-refractivity contribution in [2.24, 2.45) is 5.92 Å². The molecule has 25 heavy (non-hydrogen) atoms. The van der Waals surface area contributed by atoms with Gasteiger partial charge in [0.05, 0.1) is 20.9 Å². The minimum Gasteiger partial charge on any atom is -0.493 e. The molecule has 0 aliphatic carbocycles. The summed E-state index contributed by atoms with van der Waals surface area (Å²) in [4.78, 5) is 2.36. The monoisotopic (exact) mass is 352 g/mol. The molecule has 2 N–H and O–H groups in total. The number of fused-ring (bicyclic) bond motifs is 3. The number of rotatable bonds is 3. The van der Waals surface area contributed by atoms with Gasteiger partial charge in [-0.15, -0.1) is 0 Å². The number of aliphatic hydroxyl groups is 1. The summed E-state index contributed by atoms with van der Waals surface area (Å²) in [5.41, 5.74) is 2.55. The third-order valence-corrected chi connectivity index (χ3v) is 4.91. The fourth-order valence-corrected chi connectivity index (χ4v) is 3.06. The second kappa shape index (κ2) is 10.00. The number of hydrogen-bond donors (Lipinski definition) is 2. The number of ether oxygens (including phenoxy) is 2. The number of nitrogens with zero attached hydrogens (tertiary/aromatic N) is 1. The average molecular weight is 353 g/mol. The summed E-state index contributed by atoms with van der Waals surface area (Å²) in [6, 6.07) is 4.39. The van der Waals surface area contributed by atoms with E-state index in [4.69, 9.17) is 9.47 Å². The van der Waals surface area contributed by atoms with Gasteiger partial charge in [0.2, 0.25) is 0 Å². The van der Waals surface area contributed by atoms with Crippen molar-refractivity contribution in [1.82, 2.24) is 10.2 Å². The molecule has 3 rings (SSSR count). The first kappa shape index (κ1) is 21.7. The summed E-state index contributed by atoms with van der Waals surface area (Å²) in [6.07, 6.45) is 2.59. The van der Waals surface area contributed by atoms with E-state index in [-0.39, 0.29) is 13.5 Å². The van der Waals surface area contributed by atoms with E-state index in [9.17, 15) is 5.11 Å². The lowest BCUT2D eigenvalue weighted by molar-refractivity contribution is 0.00922. The van der Waals surface area contributed by atoms with Gasteiger partial charge in [-0.2, -0.15) is 0 Å². The van der Waals surface area contributed by atoms with E-state index < -0.39 is 6.23 Å². The molecule has 0 amide bonds. The van der Waals surface area contributed by atoms with E-state index in [0.29, 0.717) is 6.42 Å². The van der Waals surface area contributed by atoms with E-state index >= 15 is 0 Å². The molecule has 1 fully saturated rings. The molecule has 0 radical (unpaired) electrons. The second-order valence-electron chi connectivity index (χ2n) is 6.90. The summed E-state index contributed by atoms with van der Waals surface area (Å²) in [5, 5.41) is 12.9. The summed E-state index contributed by atoms with van der Waals surface area (Å²) in [6.45, 7) is 8.39. The Hall–Kier alpha value is -1.30. The summed E-state index contributed by atoms with van der Waals surface area (Å²) in [7, 11) is 3.32. The summed E-state index contributed by atoms with van der Waals surface area (Å²) >= 11 is 0. The van der Waals surface area contributed by atoms with E-state index in [2.05, 4.69) is 43.1 Å². The molecule has 2 aliphatic rings. The maximum absolute atomic E-state index is 9.81. The molecule has 144 valence electrons. The van der Waals surface area contributed by atoms with E-state index in [0.717, 1.165) is 37.1 Å². The molecule has 2 aliphatic heterocycles. The molecule has 0 bridgehead atoms. The Bertz CT molecular complexity index is 534. The Morgan fingerprint density at radius 3 is 2.40 bits per heavy atom. The Balaban J connectivity index is 0.000000462. The standard InChI is InChI=1S/C14H20N2O3.C5H12.CH4/c1-18-12-5-9-3-4-16-8-15-14(17)7-11(16)10(9)6-13(12)19-2;1-4-5(2)3;/h5-6,11,14-15,17H,3-4,7-8H2,1-2H3;5H,4H2,1-3H3;1H4/t11-,14+;;/m1../s1. The smallest absolute Gasteiger partial charge is 0.161 e. The van der Waals surface area contributed by atoms with Gasteiger partial charge in [-0.1, -0.05) is 34.6 Å². The minimum atomic E-state index is -0.430. The van der Waals surface area contributed by atoms with Crippen LogP contribution in [0.3, 0.4) is 0 Å². The largest absolute Gasteiger partial charge is 0.493 e. The van der Waals surface area contributed by atoms with Gasteiger partial charge < -0.3 is 14.6 Å². The average Bonchev–Trinajstić information content (AvgIpc) is 2.60. The molecule has 1 aromatic carbocycles. The Morgan fingerprint density at radius 2 is 1.84 bits per heavy atom. The van der Waals surface area contributed by atoms with Crippen LogP contribution in [0.15, 0.2) is 12.1 Å². The van der Waals surface area contributed by atoms with Crippen LogP contribution < -0.4 is 14.8 Å².